The number of likely N-dealkylation sites (tertiary alicyclic amines) is 1. The SMILES string of the molecule is Cc1ncsc1-c1ccc(CN(C)C(=O)C2(C)CCCN2C(=O)C(C(C)C)N2Cc3ccccc3C2=O)cc1. The van der Waals surface area contributed by atoms with Crippen molar-refractivity contribution in [3.05, 3.63) is 76.4 Å². The quantitative estimate of drug-likeness (QED) is 0.413. The topological polar surface area (TPSA) is 73.8 Å². The minimum absolute atomic E-state index is 0.0748. The second kappa shape index (κ2) is 10.6. The first-order valence-corrected chi connectivity index (χ1v) is 14.4. The highest BCUT2D eigenvalue weighted by Gasteiger charge is 2.50. The van der Waals surface area contributed by atoms with Gasteiger partial charge in [-0.25, -0.2) is 4.98 Å². The van der Waals surface area contributed by atoms with E-state index in [0.717, 1.165) is 33.7 Å². The molecule has 3 aromatic rings. The minimum Gasteiger partial charge on any atom is -0.339 e. The predicted octanol–water partition coefficient (Wildman–Crippen LogP) is 5.14. The number of amides is 3. The summed E-state index contributed by atoms with van der Waals surface area (Å²) in [7, 11) is 1.80. The number of rotatable bonds is 7. The molecule has 0 spiro atoms. The van der Waals surface area contributed by atoms with Crippen LogP contribution in [0, 0.1) is 12.8 Å². The van der Waals surface area contributed by atoms with Crippen LogP contribution in [0.25, 0.3) is 10.4 Å². The molecule has 0 aliphatic carbocycles. The molecule has 2 aromatic carbocycles. The second-order valence-electron chi connectivity index (χ2n) is 11.3. The van der Waals surface area contributed by atoms with E-state index in [1.54, 1.807) is 33.1 Å². The van der Waals surface area contributed by atoms with Crippen molar-refractivity contribution in [2.24, 2.45) is 5.92 Å². The Kier molecular flexibility index (Phi) is 7.33. The third-order valence-electron chi connectivity index (χ3n) is 8.17. The maximum Gasteiger partial charge on any atom is 0.255 e. The maximum absolute atomic E-state index is 14.1. The fourth-order valence-electron chi connectivity index (χ4n) is 6.08. The number of thiazole rings is 1. The number of nitrogens with zero attached hydrogens (tertiary/aromatic N) is 4. The summed E-state index contributed by atoms with van der Waals surface area (Å²) in [5.41, 5.74) is 5.65. The molecule has 2 unspecified atom stereocenters. The molecule has 0 bridgehead atoms. The molecular weight excluding hydrogens is 508 g/mol. The normalized spacial score (nSPS) is 19.5. The van der Waals surface area contributed by atoms with Gasteiger partial charge in [-0.05, 0) is 55.4 Å². The molecule has 1 fully saturated rings. The highest BCUT2D eigenvalue weighted by atomic mass is 32.1. The van der Waals surface area contributed by atoms with Crippen molar-refractivity contribution in [2.75, 3.05) is 13.6 Å². The number of fused-ring (bicyclic) bond motifs is 1. The molecule has 39 heavy (non-hydrogen) atoms. The molecule has 3 amide bonds. The van der Waals surface area contributed by atoms with E-state index in [0.29, 0.717) is 31.6 Å². The smallest absolute Gasteiger partial charge is 0.255 e. The number of carbonyl (C=O) groups is 3. The van der Waals surface area contributed by atoms with Gasteiger partial charge in [-0.1, -0.05) is 56.3 Å². The highest BCUT2D eigenvalue weighted by Crippen LogP contribution is 2.35. The van der Waals surface area contributed by atoms with Crippen molar-refractivity contribution in [2.45, 2.75) is 65.2 Å². The molecule has 2 aliphatic heterocycles. The van der Waals surface area contributed by atoms with Crippen molar-refractivity contribution in [3.63, 3.8) is 0 Å². The number of hydrogen-bond donors (Lipinski definition) is 0. The molecule has 8 heteroatoms. The Morgan fingerprint density at radius 3 is 2.49 bits per heavy atom. The number of aryl methyl sites for hydroxylation is 1. The lowest BCUT2D eigenvalue weighted by molar-refractivity contribution is -0.153. The van der Waals surface area contributed by atoms with Crippen LogP contribution in [0.5, 0.6) is 0 Å². The van der Waals surface area contributed by atoms with E-state index in [1.807, 2.05) is 69.6 Å². The summed E-state index contributed by atoms with van der Waals surface area (Å²) in [5.74, 6) is -0.417. The fraction of sp³-hybridized carbons (Fsp3) is 0.419. The van der Waals surface area contributed by atoms with Gasteiger partial charge in [0.25, 0.3) is 5.91 Å². The summed E-state index contributed by atoms with van der Waals surface area (Å²) in [6, 6.07) is 15.1. The first-order valence-electron chi connectivity index (χ1n) is 13.6. The lowest BCUT2D eigenvalue weighted by Crippen LogP contribution is -2.60. The van der Waals surface area contributed by atoms with Gasteiger partial charge in [-0.15, -0.1) is 11.3 Å². The van der Waals surface area contributed by atoms with E-state index in [2.05, 4.69) is 17.1 Å². The monoisotopic (exact) mass is 544 g/mol. The van der Waals surface area contributed by atoms with E-state index in [4.69, 9.17) is 0 Å². The van der Waals surface area contributed by atoms with Gasteiger partial charge in [-0.2, -0.15) is 0 Å². The van der Waals surface area contributed by atoms with Gasteiger partial charge >= 0.3 is 0 Å². The van der Waals surface area contributed by atoms with Crippen LogP contribution in [0.1, 0.15) is 60.8 Å². The van der Waals surface area contributed by atoms with Gasteiger partial charge in [0.2, 0.25) is 11.8 Å². The Balaban J connectivity index is 1.32. The second-order valence-corrected chi connectivity index (χ2v) is 12.1. The average molecular weight is 545 g/mol. The van der Waals surface area contributed by atoms with Crippen LogP contribution < -0.4 is 0 Å². The van der Waals surface area contributed by atoms with Crippen LogP contribution in [0.3, 0.4) is 0 Å². The molecule has 204 valence electrons. The zero-order chi connectivity index (χ0) is 27.9. The summed E-state index contributed by atoms with van der Waals surface area (Å²) >= 11 is 1.62. The van der Waals surface area contributed by atoms with Gasteiger partial charge in [0.15, 0.2) is 0 Å². The molecule has 0 radical (unpaired) electrons. The molecule has 1 aromatic heterocycles. The highest BCUT2D eigenvalue weighted by molar-refractivity contribution is 7.13. The standard InChI is InChI=1S/C31H36N4O3S/c1-20(2)26(34-18-24-9-6-7-10-25(24)28(34)36)29(37)35-16-8-15-31(35,4)30(38)33(5)17-22-11-13-23(14-12-22)27-21(3)32-19-39-27/h6-7,9-14,19-20,26H,8,15-18H2,1-5H3. The van der Waals surface area contributed by atoms with E-state index in [-0.39, 0.29) is 23.6 Å². The van der Waals surface area contributed by atoms with Crippen molar-refractivity contribution >= 4 is 29.1 Å². The zero-order valence-electron chi connectivity index (χ0n) is 23.3. The molecular formula is C31H36N4O3S. The molecule has 2 aliphatic rings. The van der Waals surface area contributed by atoms with Gasteiger partial charge in [0.1, 0.15) is 11.6 Å². The van der Waals surface area contributed by atoms with Gasteiger partial charge < -0.3 is 14.7 Å². The first-order chi connectivity index (χ1) is 18.6. The molecule has 5 rings (SSSR count). The van der Waals surface area contributed by atoms with Crippen LogP contribution in [0.4, 0.5) is 0 Å². The fourth-order valence-corrected chi connectivity index (χ4v) is 6.89. The number of benzene rings is 2. The summed E-state index contributed by atoms with van der Waals surface area (Å²) in [6.07, 6.45) is 1.36. The average Bonchev–Trinajstić information content (AvgIpc) is 3.62. The Morgan fingerprint density at radius 2 is 1.85 bits per heavy atom. The third kappa shape index (κ3) is 4.86. The van der Waals surface area contributed by atoms with Crippen molar-refractivity contribution in [1.82, 2.24) is 19.7 Å². The Labute approximate surface area is 234 Å². The van der Waals surface area contributed by atoms with Crippen molar-refractivity contribution in [3.8, 4) is 10.4 Å². The number of hydrogen-bond acceptors (Lipinski definition) is 5. The van der Waals surface area contributed by atoms with Crippen LogP contribution in [-0.4, -0.2) is 62.6 Å². The number of aromatic nitrogens is 1. The lowest BCUT2D eigenvalue weighted by atomic mass is 9.93. The van der Waals surface area contributed by atoms with Crippen LogP contribution >= 0.6 is 11.3 Å². The van der Waals surface area contributed by atoms with E-state index >= 15 is 0 Å². The zero-order valence-corrected chi connectivity index (χ0v) is 24.1. The molecule has 0 saturated carbocycles. The largest absolute Gasteiger partial charge is 0.339 e. The summed E-state index contributed by atoms with van der Waals surface area (Å²) < 4.78 is 0. The van der Waals surface area contributed by atoms with E-state index in [9.17, 15) is 14.4 Å². The van der Waals surface area contributed by atoms with Crippen LogP contribution in [0.2, 0.25) is 0 Å². The summed E-state index contributed by atoms with van der Waals surface area (Å²) in [5, 5.41) is 0. The molecule has 3 heterocycles. The molecule has 2 atom stereocenters. The van der Waals surface area contributed by atoms with Crippen molar-refractivity contribution in [1.29, 1.82) is 0 Å². The Bertz CT molecular complexity index is 1400. The van der Waals surface area contributed by atoms with E-state index in [1.165, 1.54) is 0 Å². The first kappa shape index (κ1) is 27.1. The van der Waals surface area contributed by atoms with Gasteiger partial charge in [0, 0.05) is 32.2 Å². The summed E-state index contributed by atoms with van der Waals surface area (Å²) in [4.78, 5) is 51.9. The summed E-state index contributed by atoms with van der Waals surface area (Å²) in [6.45, 7) is 9.20. The van der Waals surface area contributed by atoms with Crippen LogP contribution in [0.15, 0.2) is 54.0 Å². The van der Waals surface area contributed by atoms with Crippen molar-refractivity contribution < 1.29 is 14.4 Å². The predicted molar refractivity (Wildman–Crippen MR) is 153 cm³/mol. The third-order valence-corrected chi connectivity index (χ3v) is 9.14. The maximum atomic E-state index is 14.1. The Hall–Kier alpha value is -3.52. The molecule has 7 nitrogen and oxygen atoms in total. The minimum atomic E-state index is -0.950. The molecule has 1 saturated heterocycles. The molecule has 0 N–H and O–H groups in total. The Morgan fingerprint density at radius 1 is 1.13 bits per heavy atom. The van der Waals surface area contributed by atoms with Gasteiger partial charge in [-0.3, -0.25) is 14.4 Å². The number of carbonyl (C=O) groups excluding carboxylic acids is 3. The number of likely N-dealkylation sites (N-methyl/N-ethyl adjacent to an activating group) is 1. The lowest BCUT2D eigenvalue weighted by Gasteiger charge is -2.41. The van der Waals surface area contributed by atoms with Gasteiger partial charge in [0.05, 0.1) is 16.1 Å². The van der Waals surface area contributed by atoms with Crippen LogP contribution in [-0.2, 0) is 22.7 Å². The van der Waals surface area contributed by atoms with E-state index < -0.39 is 11.6 Å².